The molecular weight excluding hydrogens is 288 g/mol. The molecular formula is C20H30O3. The Labute approximate surface area is 139 Å². The van der Waals surface area contributed by atoms with Gasteiger partial charge in [-0.25, -0.2) is 0 Å². The first kappa shape index (κ1) is 15.8. The molecule has 6 unspecified atom stereocenters. The summed E-state index contributed by atoms with van der Waals surface area (Å²) < 4.78 is 0. The normalized spacial score (nSPS) is 55.7. The first-order valence-corrected chi connectivity index (χ1v) is 9.33. The summed E-state index contributed by atoms with van der Waals surface area (Å²) in [6.45, 7) is 6.44. The fourth-order valence-electron chi connectivity index (χ4n) is 6.91. The molecule has 3 nitrogen and oxygen atoms in total. The quantitative estimate of drug-likeness (QED) is 0.721. The molecule has 128 valence electrons. The fourth-order valence-corrected chi connectivity index (χ4v) is 6.91. The highest BCUT2D eigenvalue weighted by Crippen LogP contribution is 2.67. The van der Waals surface area contributed by atoms with Crippen LogP contribution >= 0.6 is 0 Å². The van der Waals surface area contributed by atoms with E-state index in [1.807, 2.05) is 13.0 Å². The molecule has 0 aromatic carbocycles. The van der Waals surface area contributed by atoms with E-state index in [1.54, 1.807) is 0 Å². The summed E-state index contributed by atoms with van der Waals surface area (Å²) in [4.78, 5) is 11.8. The van der Waals surface area contributed by atoms with E-state index in [0.717, 1.165) is 32.1 Å². The smallest absolute Gasteiger partial charge is 0.155 e. The van der Waals surface area contributed by atoms with Crippen LogP contribution in [0.3, 0.4) is 0 Å². The molecule has 0 spiro atoms. The van der Waals surface area contributed by atoms with Crippen LogP contribution < -0.4 is 0 Å². The molecule has 0 saturated heterocycles. The van der Waals surface area contributed by atoms with E-state index >= 15 is 0 Å². The molecule has 4 aliphatic rings. The zero-order valence-electron chi connectivity index (χ0n) is 14.6. The Hall–Kier alpha value is -0.670. The lowest BCUT2D eigenvalue weighted by atomic mass is 9.45. The zero-order valence-corrected chi connectivity index (χ0v) is 14.6. The van der Waals surface area contributed by atoms with E-state index < -0.39 is 5.60 Å². The van der Waals surface area contributed by atoms with E-state index in [1.165, 1.54) is 5.57 Å². The van der Waals surface area contributed by atoms with E-state index in [-0.39, 0.29) is 28.6 Å². The van der Waals surface area contributed by atoms with Gasteiger partial charge in [0.2, 0.25) is 0 Å². The van der Waals surface area contributed by atoms with E-state index in [2.05, 4.69) is 13.8 Å². The van der Waals surface area contributed by atoms with Gasteiger partial charge in [0.05, 0.1) is 11.7 Å². The summed E-state index contributed by atoms with van der Waals surface area (Å²) in [6, 6.07) is 0. The number of rotatable bonds is 0. The first-order chi connectivity index (χ1) is 10.7. The predicted octanol–water partition coefficient (Wildman–Crippen LogP) is 3.24. The van der Waals surface area contributed by atoms with Gasteiger partial charge >= 0.3 is 0 Å². The SMILES string of the molecule is CC12CCC(=O)C=C1CCC1C2C(O)CC2(C)C1CC[C@@]2(C)O. The molecule has 7 atom stereocenters. The van der Waals surface area contributed by atoms with Gasteiger partial charge in [0.25, 0.3) is 0 Å². The van der Waals surface area contributed by atoms with Crippen molar-refractivity contribution >= 4 is 5.78 Å². The molecule has 0 amide bonds. The van der Waals surface area contributed by atoms with Gasteiger partial charge in [-0.1, -0.05) is 19.4 Å². The van der Waals surface area contributed by atoms with Crippen LogP contribution in [0.1, 0.15) is 65.7 Å². The van der Waals surface area contributed by atoms with Crippen LogP contribution in [0.4, 0.5) is 0 Å². The van der Waals surface area contributed by atoms with Gasteiger partial charge in [-0.2, -0.15) is 0 Å². The van der Waals surface area contributed by atoms with Crippen molar-refractivity contribution < 1.29 is 15.0 Å². The molecule has 2 N–H and O–H groups in total. The number of hydrogen-bond donors (Lipinski definition) is 2. The van der Waals surface area contributed by atoms with Gasteiger partial charge in [0.1, 0.15) is 0 Å². The maximum atomic E-state index is 11.8. The van der Waals surface area contributed by atoms with Gasteiger partial charge in [-0.15, -0.1) is 0 Å². The maximum absolute atomic E-state index is 11.8. The Bertz CT molecular complexity index is 577. The second kappa shape index (κ2) is 4.70. The van der Waals surface area contributed by atoms with Crippen LogP contribution in [0.25, 0.3) is 0 Å². The largest absolute Gasteiger partial charge is 0.393 e. The zero-order chi connectivity index (χ0) is 16.6. The number of fused-ring (bicyclic) bond motifs is 5. The number of allylic oxidation sites excluding steroid dienone is 1. The molecule has 4 rings (SSSR count). The minimum absolute atomic E-state index is 0.0218. The number of carbonyl (C=O) groups excluding carboxylic acids is 1. The van der Waals surface area contributed by atoms with Crippen LogP contribution in [0, 0.1) is 28.6 Å². The Morgan fingerprint density at radius 3 is 2.61 bits per heavy atom. The molecule has 0 aromatic rings. The van der Waals surface area contributed by atoms with Crippen molar-refractivity contribution in [2.24, 2.45) is 28.6 Å². The van der Waals surface area contributed by atoms with Crippen molar-refractivity contribution in [1.82, 2.24) is 0 Å². The summed E-state index contributed by atoms with van der Waals surface area (Å²) in [5, 5.41) is 22.0. The Balaban J connectivity index is 1.75. The summed E-state index contributed by atoms with van der Waals surface area (Å²) in [5.41, 5.74) is 0.424. The highest BCUT2D eigenvalue weighted by molar-refractivity contribution is 5.91. The Morgan fingerprint density at radius 1 is 1.13 bits per heavy atom. The Kier molecular flexibility index (Phi) is 3.23. The summed E-state index contributed by atoms with van der Waals surface area (Å²) in [6.07, 6.45) is 7.69. The van der Waals surface area contributed by atoms with Crippen molar-refractivity contribution in [2.75, 3.05) is 0 Å². The maximum Gasteiger partial charge on any atom is 0.155 e. The van der Waals surface area contributed by atoms with E-state index in [9.17, 15) is 15.0 Å². The van der Waals surface area contributed by atoms with Crippen molar-refractivity contribution in [3.8, 4) is 0 Å². The predicted molar refractivity (Wildman–Crippen MR) is 88.7 cm³/mol. The van der Waals surface area contributed by atoms with Gasteiger partial charge in [-0.05, 0) is 74.7 Å². The third-order valence-corrected chi connectivity index (χ3v) is 8.46. The van der Waals surface area contributed by atoms with Crippen molar-refractivity contribution in [3.05, 3.63) is 11.6 Å². The number of aliphatic hydroxyl groups is 2. The summed E-state index contributed by atoms with van der Waals surface area (Å²) in [7, 11) is 0. The third kappa shape index (κ3) is 1.93. The standard InChI is InChI=1S/C20H30O3/c1-18-8-6-13(21)10-12(18)4-5-14-15-7-9-20(3,23)19(15,2)11-16(22)17(14)18/h10,14-17,22-23H,4-9,11H2,1-3H3/t14?,15?,16?,17?,18?,19?,20-/m1/s1. The molecule has 3 heteroatoms. The first-order valence-electron chi connectivity index (χ1n) is 9.33. The average molecular weight is 318 g/mol. The summed E-state index contributed by atoms with van der Waals surface area (Å²) >= 11 is 0. The van der Waals surface area contributed by atoms with Gasteiger partial charge in [0.15, 0.2) is 5.78 Å². The van der Waals surface area contributed by atoms with Crippen LogP contribution in [0.5, 0.6) is 0 Å². The molecule has 4 aliphatic carbocycles. The minimum Gasteiger partial charge on any atom is -0.393 e. The third-order valence-electron chi connectivity index (χ3n) is 8.46. The highest BCUT2D eigenvalue weighted by Gasteiger charge is 2.64. The minimum atomic E-state index is -0.664. The molecule has 0 radical (unpaired) electrons. The fraction of sp³-hybridized carbons (Fsp3) is 0.850. The molecule has 0 heterocycles. The molecule has 3 saturated carbocycles. The van der Waals surface area contributed by atoms with Crippen molar-refractivity contribution in [3.63, 3.8) is 0 Å². The topological polar surface area (TPSA) is 57.5 Å². The number of hydrogen-bond acceptors (Lipinski definition) is 3. The van der Waals surface area contributed by atoms with Crippen LogP contribution in [0.15, 0.2) is 11.6 Å². The average Bonchev–Trinajstić information content (AvgIpc) is 2.69. The summed E-state index contributed by atoms with van der Waals surface area (Å²) in [5.74, 6) is 1.49. The molecule has 23 heavy (non-hydrogen) atoms. The van der Waals surface area contributed by atoms with E-state index in [4.69, 9.17) is 0 Å². The molecule has 3 fully saturated rings. The molecule has 0 aromatic heterocycles. The van der Waals surface area contributed by atoms with Crippen molar-refractivity contribution in [2.45, 2.75) is 77.4 Å². The highest BCUT2D eigenvalue weighted by atomic mass is 16.3. The molecule has 0 aliphatic heterocycles. The van der Waals surface area contributed by atoms with Gasteiger partial charge in [-0.3, -0.25) is 4.79 Å². The number of ketones is 1. The van der Waals surface area contributed by atoms with Crippen molar-refractivity contribution in [1.29, 1.82) is 0 Å². The van der Waals surface area contributed by atoms with Gasteiger partial charge in [0, 0.05) is 11.8 Å². The number of carbonyl (C=O) groups is 1. The van der Waals surface area contributed by atoms with Crippen LogP contribution in [0.2, 0.25) is 0 Å². The Morgan fingerprint density at radius 2 is 1.87 bits per heavy atom. The monoisotopic (exact) mass is 318 g/mol. The van der Waals surface area contributed by atoms with Crippen LogP contribution in [-0.2, 0) is 4.79 Å². The van der Waals surface area contributed by atoms with Crippen LogP contribution in [-0.4, -0.2) is 27.7 Å². The van der Waals surface area contributed by atoms with E-state index in [0.29, 0.717) is 24.7 Å². The second-order valence-electron chi connectivity index (χ2n) is 9.39. The molecule has 0 bridgehead atoms. The lowest BCUT2D eigenvalue weighted by Crippen LogP contribution is -2.59. The number of aliphatic hydroxyl groups excluding tert-OH is 1. The second-order valence-corrected chi connectivity index (χ2v) is 9.39. The lowest BCUT2D eigenvalue weighted by Gasteiger charge is -2.60. The lowest BCUT2D eigenvalue weighted by molar-refractivity contribution is -0.166. The van der Waals surface area contributed by atoms with Gasteiger partial charge < -0.3 is 10.2 Å².